The Balaban J connectivity index is 1.19. The molecule has 176 valence electrons. The number of nitriles is 1. The van der Waals surface area contributed by atoms with E-state index in [1.807, 2.05) is 36.4 Å². The third-order valence-corrected chi connectivity index (χ3v) is 5.55. The fourth-order valence-corrected chi connectivity index (χ4v) is 3.68. The second-order valence-corrected chi connectivity index (χ2v) is 7.82. The summed E-state index contributed by atoms with van der Waals surface area (Å²) < 4.78 is 10.5. The van der Waals surface area contributed by atoms with Crippen molar-refractivity contribution in [1.82, 2.24) is 9.96 Å². The first kappa shape index (κ1) is 23.2. The summed E-state index contributed by atoms with van der Waals surface area (Å²) in [6.45, 7) is 1.67. The Hall–Kier alpha value is -3.94. The van der Waals surface area contributed by atoms with Gasteiger partial charge in [0.1, 0.15) is 6.61 Å². The molecule has 4 rings (SSSR count). The van der Waals surface area contributed by atoms with E-state index in [9.17, 15) is 14.4 Å². The highest BCUT2D eigenvalue weighted by Crippen LogP contribution is 2.23. The first-order valence-electron chi connectivity index (χ1n) is 10.9. The van der Waals surface area contributed by atoms with E-state index in [0.717, 1.165) is 5.56 Å². The van der Waals surface area contributed by atoms with Crippen LogP contribution in [0.3, 0.4) is 0 Å². The Morgan fingerprint density at radius 1 is 1.03 bits per heavy atom. The summed E-state index contributed by atoms with van der Waals surface area (Å²) in [6.07, 6.45) is -1.50. The summed E-state index contributed by atoms with van der Waals surface area (Å²) in [5, 5.41) is 10.5. The first-order chi connectivity index (χ1) is 16.5. The Morgan fingerprint density at radius 2 is 1.74 bits per heavy atom. The van der Waals surface area contributed by atoms with Crippen LogP contribution in [-0.2, 0) is 30.5 Å². The predicted molar refractivity (Wildman–Crippen MR) is 119 cm³/mol. The van der Waals surface area contributed by atoms with Gasteiger partial charge >= 0.3 is 12.1 Å². The molecule has 1 atom stereocenters. The predicted octanol–water partition coefficient (Wildman–Crippen LogP) is 1.70. The molecule has 0 aromatic heterocycles. The highest BCUT2D eigenvalue weighted by Gasteiger charge is 2.39. The minimum Gasteiger partial charge on any atom is -0.459 e. The van der Waals surface area contributed by atoms with Crippen LogP contribution in [0.1, 0.15) is 11.1 Å². The van der Waals surface area contributed by atoms with E-state index in [2.05, 4.69) is 0 Å². The van der Waals surface area contributed by atoms with Gasteiger partial charge in [-0.2, -0.15) is 10.3 Å². The van der Waals surface area contributed by atoms with Crippen LogP contribution in [0, 0.1) is 11.3 Å². The Kier molecular flexibility index (Phi) is 7.37. The Bertz CT molecular complexity index is 1060. The largest absolute Gasteiger partial charge is 0.459 e. The lowest BCUT2D eigenvalue weighted by Gasteiger charge is -2.34. The number of ether oxygens (including phenoxy) is 2. The van der Waals surface area contributed by atoms with Crippen molar-refractivity contribution in [3.63, 3.8) is 0 Å². The molecule has 0 aliphatic carbocycles. The van der Waals surface area contributed by atoms with E-state index < -0.39 is 18.2 Å². The average Bonchev–Trinajstić information content (AvgIpc) is 3.28. The van der Waals surface area contributed by atoms with Gasteiger partial charge in [0.25, 0.3) is 5.91 Å². The number of hydroxylamine groups is 2. The molecule has 2 aliphatic heterocycles. The first-order valence-corrected chi connectivity index (χ1v) is 10.9. The molecule has 0 bridgehead atoms. The quantitative estimate of drug-likeness (QED) is 0.569. The lowest BCUT2D eigenvalue weighted by molar-refractivity contribution is -0.197. The van der Waals surface area contributed by atoms with E-state index in [1.165, 1.54) is 4.90 Å². The van der Waals surface area contributed by atoms with Gasteiger partial charge in [0, 0.05) is 31.9 Å². The summed E-state index contributed by atoms with van der Waals surface area (Å²) in [6, 6.07) is 17.9. The van der Waals surface area contributed by atoms with Crippen molar-refractivity contribution in [2.45, 2.75) is 12.7 Å². The number of anilines is 1. The van der Waals surface area contributed by atoms with E-state index in [1.54, 1.807) is 34.2 Å². The number of cyclic esters (lactones) is 1. The monoisotopic (exact) mass is 464 g/mol. The van der Waals surface area contributed by atoms with Crippen LogP contribution >= 0.6 is 0 Å². The number of rotatable bonds is 7. The standard InChI is InChI=1S/C24H24N4O6/c25-14-18-6-8-20(9-7-18)28-15-21(34-24(28)31)23(30)26-10-12-27(13-11-26)33-17-22(29)32-16-19-4-2-1-3-5-19/h1-9,21H,10-13,15-17H2. The summed E-state index contributed by atoms with van der Waals surface area (Å²) >= 11 is 0. The molecule has 2 aromatic carbocycles. The van der Waals surface area contributed by atoms with Crippen LogP contribution in [0.15, 0.2) is 54.6 Å². The van der Waals surface area contributed by atoms with Crippen molar-refractivity contribution in [2.24, 2.45) is 0 Å². The lowest BCUT2D eigenvalue weighted by atomic mass is 10.2. The topological polar surface area (TPSA) is 112 Å². The van der Waals surface area contributed by atoms with Crippen LogP contribution in [0.5, 0.6) is 0 Å². The second-order valence-electron chi connectivity index (χ2n) is 7.82. The fraction of sp³-hybridized carbons (Fsp3) is 0.333. The van der Waals surface area contributed by atoms with Gasteiger partial charge < -0.3 is 14.4 Å². The number of benzene rings is 2. The van der Waals surface area contributed by atoms with Crippen molar-refractivity contribution in [3.05, 3.63) is 65.7 Å². The highest BCUT2D eigenvalue weighted by atomic mass is 16.7. The fourth-order valence-electron chi connectivity index (χ4n) is 3.68. The van der Waals surface area contributed by atoms with Crippen molar-refractivity contribution in [2.75, 3.05) is 44.2 Å². The minimum absolute atomic E-state index is 0.105. The molecular formula is C24H24N4O6. The maximum Gasteiger partial charge on any atom is 0.415 e. The smallest absolute Gasteiger partial charge is 0.415 e. The maximum atomic E-state index is 12.9. The number of hydrogen-bond donors (Lipinski definition) is 0. The summed E-state index contributed by atoms with van der Waals surface area (Å²) in [7, 11) is 0. The number of amides is 2. The van der Waals surface area contributed by atoms with Crippen molar-refractivity contribution in [3.8, 4) is 6.07 Å². The molecule has 10 heteroatoms. The lowest BCUT2D eigenvalue weighted by Crippen LogP contribution is -2.52. The van der Waals surface area contributed by atoms with Crippen molar-refractivity contribution < 1.29 is 28.7 Å². The zero-order valence-electron chi connectivity index (χ0n) is 18.5. The molecular weight excluding hydrogens is 440 g/mol. The van der Waals surface area contributed by atoms with Gasteiger partial charge in [0.15, 0.2) is 12.7 Å². The van der Waals surface area contributed by atoms with E-state index in [-0.39, 0.29) is 25.7 Å². The van der Waals surface area contributed by atoms with E-state index >= 15 is 0 Å². The molecule has 0 spiro atoms. The van der Waals surface area contributed by atoms with Crippen LogP contribution < -0.4 is 4.90 Å². The summed E-state index contributed by atoms with van der Waals surface area (Å²) in [5.41, 5.74) is 1.94. The number of hydrogen-bond acceptors (Lipinski definition) is 8. The molecule has 2 heterocycles. The molecule has 2 fully saturated rings. The second kappa shape index (κ2) is 10.8. The molecule has 0 radical (unpaired) electrons. The molecule has 0 N–H and O–H groups in total. The maximum absolute atomic E-state index is 12.9. The van der Waals surface area contributed by atoms with Gasteiger partial charge in [0.2, 0.25) is 0 Å². The zero-order chi connectivity index (χ0) is 23.9. The molecule has 2 aromatic rings. The minimum atomic E-state index is -0.899. The normalized spacial score (nSPS) is 18.3. The van der Waals surface area contributed by atoms with Crippen LogP contribution in [0.4, 0.5) is 10.5 Å². The van der Waals surface area contributed by atoms with Gasteiger partial charge in [-0.1, -0.05) is 30.3 Å². The number of nitrogens with zero attached hydrogens (tertiary/aromatic N) is 4. The van der Waals surface area contributed by atoms with Gasteiger partial charge in [-0.3, -0.25) is 14.5 Å². The van der Waals surface area contributed by atoms with E-state index in [0.29, 0.717) is 37.4 Å². The number of carbonyl (C=O) groups excluding carboxylic acids is 3. The number of carbonyl (C=O) groups is 3. The number of piperazine rings is 1. The van der Waals surface area contributed by atoms with Gasteiger partial charge in [-0.25, -0.2) is 9.59 Å². The number of esters is 1. The zero-order valence-corrected chi connectivity index (χ0v) is 18.5. The van der Waals surface area contributed by atoms with Gasteiger partial charge in [-0.15, -0.1) is 0 Å². The third kappa shape index (κ3) is 5.70. The van der Waals surface area contributed by atoms with E-state index in [4.69, 9.17) is 19.6 Å². The summed E-state index contributed by atoms with van der Waals surface area (Å²) in [4.78, 5) is 45.5. The Morgan fingerprint density at radius 3 is 2.41 bits per heavy atom. The van der Waals surface area contributed by atoms with Crippen LogP contribution in [-0.4, -0.2) is 73.4 Å². The molecule has 1 unspecified atom stereocenters. The molecule has 34 heavy (non-hydrogen) atoms. The van der Waals surface area contributed by atoms with Crippen LogP contribution in [0.25, 0.3) is 0 Å². The van der Waals surface area contributed by atoms with Gasteiger partial charge in [0.05, 0.1) is 18.2 Å². The van der Waals surface area contributed by atoms with Crippen molar-refractivity contribution in [1.29, 1.82) is 5.26 Å². The molecule has 2 aliphatic rings. The SMILES string of the molecule is N#Cc1ccc(N2CC(C(=O)N3CCN(OCC(=O)OCc4ccccc4)CC3)OC2=O)cc1. The molecule has 2 amide bonds. The average molecular weight is 464 g/mol. The third-order valence-electron chi connectivity index (χ3n) is 5.55. The molecule has 0 saturated carbocycles. The van der Waals surface area contributed by atoms with Crippen molar-refractivity contribution >= 4 is 23.7 Å². The Labute approximate surface area is 196 Å². The molecule has 2 saturated heterocycles. The van der Waals surface area contributed by atoms with Gasteiger partial charge in [-0.05, 0) is 29.8 Å². The highest BCUT2D eigenvalue weighted by molar-refractivity contribution is 5.95. The molecule has 10 nitrogen and oxygen atoms in total. The van der Waals surface area contributed by atoms with Crippen LogP contribution in [0.2, 0.25) is 0 Å². The summed E-state index contributed by atoms with van der Waals surface area (Å²) in [5.74, 6) is -0.741.